The number of carbonyl (C=O) groups excluding carboxylic acids is 1. The van der Waals surface area contributed by atoms with Gasteiger partial charge in [0.25, 0.3) is 5.91 Å². The van der Waals surface area contributed by atoms with E-state index in [1.165, 1.54) is 0 Å². The van der Waals surface area contributed by atoms with E-state index in [4.69, 9.17) is 0 Å². The van der Waals surface area contributed by atoms with Gasteiger partial charge in [-0.25, -0.2) is 4.98 Å². The zero-order valence-electron chi connectivity index (χ0n) is 15.6. The van der Waals surface area contributed by atoms with Crippen LogP contribution in [-0.4, -0.2) is 27.1 Å². The van der Waals surface area contributed by atoms with Crippen molar-refractivity contribution >= 4 is 34.0 Å². The Labute approximate surface area is 172 Å². The van der Waals surface area contributed by atoms with Gasteiger partial charge >= 0.3 is 0 Å². The number of nitrogens with one attached hydrogen (secondary N) is 2. The van der Waals surface area contributed by atoms with E-state index in [0.717, 1.165) is 39.3 Å². The van der Waals surface area contributed by atoms with Crippen molar-refractivity contribution in [3.05, 3.63) is 71.2 Å². The van der Waals surface area contributed by atoms with Crippen LogP contribution in [-0.2, 0) is 6.54 Å². The number of hydrogen-bond donors (Lipinski definition) is 2. The summed E-state index contributed by atoms with van der Waals surface area (Å²) in [6.07, 6.45) is 2.11. The number of pyridine rings is 1. The molecule has 6 nitrogen and oxygen atoms in total. The summed E-state index contributed by atoms with van der Waals surface area (Å²) in [5.41, 5.74) is 2.49. The Kier molecular flexibility index (Phi) is 4.65. The van der Waals surface area contributed by atoms with Gasteiger partial charge in [0.15, 0.2) is 0 Å². The molecule has 1 amide bonds. The largest absolute Gasteiger partial charge is 0.363 e. The van der Waals surface area contributed by atoms with E-state index in [1.54, 1.807) is 11.3 Å². The molecule has 0 aliphatic heterocycles. The molecular formula is C22H19N5OS. The van der Waals surface area contributed by atoms with Gasteiger partial charge in [-0.2, -0.15) is 0 Å². The Morgan fingerprint density at radius 2 is 1.83 bits per heavy atom. The lowest BCUT2D eigenvalue weighted by molar-refractivity contribution is 0.0952. The number of fused-ring (bicyclic) bond motifs is 1. The van der Waals surface area contributed by atoms with E-state index in [2.05, 4.69) is 25.8 Å². The number of nitrogens with zero attached hydrogens (tertiary/aromatic N) is 3. The second-order valence-electron chi connectivity index (χ2n) is 7.04. The summed E-state index contributed by atoms with van der Waals surface area (Å²) in [5, 5.41) is 17.5. The predicted octanol–water partition coefficient (Wildman–Crippen LogP) is 4.26. The molecule has 2 aromatic carbocycles. The first-order valence-corrected chi connectivity index (χ1v) is 10.4. The first kappa shape index (κ1) is 17.8. The van der Waals surface area contributed by atoms with Crippen LogP contribution >= 0.6 is 11.3 Å². The molecule has 2 heterocycles. The number of amides is 1. The van der Waals surface area contributed by atoms with Crippen molar-refractivity contribution in [3.63, 3.8) is 0 Å². The average Bonchev–Trinajstić information content (AvgIpc) is 3.45. The molecule has 7 heteroatoms. The number of benzene rings is 2. The second kappa shape index (κ2) is 7.60. The van der Waals surface area contributed by atoms with Crippen LogP contribution in [0.1, 0.15) is 28.2 Å². The monoisotopic (exact) mass is 401 g/mol. The molecule has 1 saturated carbocycles. The zero-order valence-corrected chi connectivity index (χ0v) is 16.4. The summed E-state index contributed by atoms with van der Waals surface area (Å²) in [6, 6.07) is 19.8. The minimum absolute atomic E-state index is 0.0450. The maximum atomic E-state index is 12.7. The maximum Gasteiger partial charge on any atom is 0.252 e. The fourth-order valence-corrected chi connectivity index (χ4v) is 3.92. The molecule has 0 unspecified atom stereocenters. The molecule has 5 rings (SSSR count). The molecule has 4 aromatic rings. The van der Waals surface area contributed by atoms with Crippen LogP contribution in [0.5, 0.6) is 0 Å². The van der Waals surface area contributed by atoms with Crippen LogP contribution in [0.25, 0.3) is 21.5 Å². The van der Waals surface area contributed by atoms with Crippen molar-refractivity contribution < 1.29 is 4.79 Å². The first-order chi connectivity index (χ1) is 14.3. The molecule has 0 bridgehead atoms. The van der Waals surface area contributed by atoms with Crippen molar-refractivity contribution in [1.82, 2.24) is 20.5 Å². The minimum Gasteiger partial charge on any atom is -0.363 e. The number of anilines is 1. The molecule has 0 saturated heterocycles. The molecular weight excluding hydrogens is 382 g/mol. The molecule has 0 spiro atoms. The molecule has 1 fully saturated rings. The summed E-state index contributed by atoms with van der Waals surface area (Å²) in [5.74, 6) is 0.609. The third-order valence-electron chi connectivity index (χ3n) is 4.78. The number of carbonyl (C=O) groups is 1. The Balaban J connectivity index is 1.38. The van der Waals surface area contributed by atoms with Gasteiger partial charge < -0.3 is 10.6 Å². The van der Waals surface area contributed by atoms with Gasteiger partial charge in [0.2, 0.25) is 0 Å². The van der Waals surface area contributed by atoms with Gasteiger partial charge in [-0.15, -0.1) is 10.2 Å². The van der Waals surface area contributed by atoms with E-state index in [-0.39, 0.29) is 5.91 Å². The molecule has 1 aliphatic rings. The van der Waals surface area contributed by atoms with E-state index in [1.807, 2.05) is 60.7 Å². The lowest BCUT2D eigenvalue weighted by Gasteiger charge is -2.10. The molecule has 144 valence electrons. The molecule has 0 atom stereocenters. The molecule has 2 aromatic heterocycles. The number of hydrogen-bond acceptors (Lipinski definition) is 6. The zero-order chi connectivity index (χ0) is 19.6. The van der Waals surface area contributed by atoms with Crippen LogP contribution in [0.15, 0.2) is 60.7 Å². The Morgan fingerprint density at radius 3 is 2.66 bits per heavy atom. The van der Waals surface area contributed by atoms with Crippen molar-refractivity contribution in [2.24, 2.45) is 0 Å². The van der Waals surface area contributed by atoms with Gasteiger partial charge in [-0.3, -0.25) is 4.79 Å². The quantitative estimate of drug-likeness (QED) is 0.505. The maximum absolute atomic E-state index is 12.7. The third-order valence-corrected chi connectivity index (χ3v) is 5.75. The SMILES string of the molecule is O=C(NC1CC1)c1cc(NCc2nnc(-c3ccccc3)s2)nc2ccccc12. The highest BCUT2D eigenvalue weighted by Gasteiger charge is 2.25. The summed E-state index contributed by atoms with van der Waals surface area (Å²) in [4.78, 5) is 17.4. The third kappa shape index (κ3) is 3.95. The fourth-order valence-electron chi connectivity index (χ4n) is 3.13. The van der Waals surface area contributed by atoms with E-state index < -0.39 is 0 Å². The van der Waals surface area contributed by atoms with E-state index >= 15 is 0 Å². The van der Waals surface area contributed by atoms with Gasteiger partial charge in [-0.1, -0.05) is 59.9 Å². The Bertz CT molecular complexity index is 1170. The number of rotatable bonds is 6. The topological polar surface area (TPSA) is 79.8 Å². The minimum atomic E-state index is -0.0450. The van der Waals surface area contributed by atoms with Crippen molar-refractivity contribution in [3.8, 4) is 10.6 Å². The molecule has 29 heavy (non-hydrogen) atoms. The van der Waals surface area contributed by atoms with Crippen molar-refractivity contribution in [1.29, 1.82) is 0 Å². The van der Waals surface area contributed by atoms with Crippen LogP contribution in [0.2, 0.25) is 0 Å². The summed E-state index contributed by atoms with van der Waals surface area (Å²) in [7, 11) is 0. The molecule has 1 aliphatic carbocycles. The van der Waals surface area contributed by atoms with E-state index in [0.29, 0.717) is 24.0 Å². The highest BCUT2D eigenvalue weighted by Crippen LogP contribution is 2.26. The fraction of sp³-hybridized carbons (Fsp3) is 0.182. The Morgan fingerprint density at radius 1 is 1.03 bits per heavy atom. The number of aromatic nitrogens is 3. The van der Waals surface area contributed by atoms with Crippen LogP contribution < -0.4 is 10.6 Å². The van der Waals surface area contributed by atoms with Gasteiger partial charge in [0, 0.05) is 17.0 Å². The lowest BCUT2D eigenvalue weighted by atomic mass is 10.1. The summed E-state index contributed by atoms with van der Waals surface area (Å²) >= 11 is 1.54. The smallest absolute Gasteiger partial charge is 0.252 e. The van der Waals surface area contributed by atoms with Gasteiger partial charge in [-0.05, 0) is 25.0 Å². The predicted molar refractivity (Wildman–Crippen MR) is 115 cm³/mol. The average molecular weight is 401 g/mol. The normalized spacial score (nSPS) is 13.4. The Hall–Kier alpha value is -3.32. The van der Waals surface area contributed by atoms with Crippen LogP contribution in [0.3, 0.4) is 0 Å². The van der Waals surface area contributed by atoms with Crippen molar-refractivity contribution in [2.45, 2.75) is 25.4 Å². The van der Waals surface area contributed by atoms with Crippen LogP contribution in [0.4, 0.5) is 5.82 Å². The first-order valence-electron chi connectivity index (χ1n) is 9.58. The standard InChI is InChI=1S/C22H19N5OS/c28-21(24-15-10-11-15)17-12-19(25-18-9-5-4-8-16(17)18)23-13-20-26-27-22(29-20)14-6-2-1-3-7-14/h1-9,12,15H,10-11,13H2,(H,23,25)(H,24,28). The molecule has 2 N–H and O–H groups in total. The lowest BCUT2D eigenvalue weighted by Crippen LogP contribution is -2.25. The van der Waals surface area contributed by atoms with Crippen LogP contribution in [0, 0.1) is 0 Å². The van der Waals surface area contributed by atoms with Crippen molar-refractivity contribution in [2.75, 3.05) is 5.32 Å². The highest BCUT2D eigenvalue weighted by atomic mass is 32.1. The summed E-state index contributed by atoms with van der Waals surface area (Å²) in [6.45, 7) is 0.500. The summed E-state index contributed by atoms with van der Waals surface area (Å²) < 4.78 is 0. The van der Waals surface area contributed by atoms with E-state index in [9.17, 15) is 4.79 Å². The molecule has 0 radical (unpaired) electrons. The second-order valence-corrected chi connectivity index (χ2v) is 8.10. The number of para-hydroxylation sites is 1. The van der Waals surface area contributed by atoms with Gasteiger partial charge in [0.1, 0.15) is 15.8 Å². The van der Waals surface area contributed by atoms with Gasteiger partial charge in [0.05, 0.1) is 17.6 Å². The highest BCUT2D eigenvalue weighted by molar-refractivity contribution is 7.14.